The van der Waals surface area contributed by atoms with Gasteiger partial charge in [-0.05, 0) is 39.0 Å². The van der Waals surface area contributed by atoms with Crippen LogP contribution in [0.4, 0.5) is 0 Å². The molecule has 1 saturated carbocycles. The van der Waals surface area contributed by atoms with E-state index in [0.717, 1.165) is 63.4 Å². The van der Waals surface area contributed by atoms with E-state index in [2.05, 4.69) is 41.4 Å². The Morgan fingerprint density at radius 1 is 1.17 bits per heavy atom. The first-order chi connectivity index (χ1) is 14.1. The molecule has 0 bridgehead atoms. The molecule has 1 atom stereocenters. The van der Waals surface area contributed by atoms with Crippen molar-refractivity contribution in [2.24, 2.45) is 18.0 Å². The van der Waals surface area contributed by atoms with Crippen molar-refractivity contribution < 1.29 is 4.79 Å². The summed E-state index contributed by atoms with van der Waals surface area (Å²) in [4.78, 5) is 19.6. The second-order valence-electron chi connectivity index (χ2n) is 8.29. The van der Waals surface area contributed by atoms with Gasteiger partial charge in [0.15, 0.2) is 5.96 Å². The lowest BCUT2D eigenvalue weighted by Gasteiger charge is -2.21. The smallest absolute Gasteiger partial charge is 0.225 e. The summed E-state index contributed by atoms with van der Waals surface area (Å²) >= 11 is 0. The van der Waals surface area contributed by atoms with Crippen molar-refractivity contribution in [2.75, 3.05) is 19.6 Å². The Labute approximate surface area is 198 Å². The zero-order valence-corrected chi connectivity index (χ0v) is 21.4. The molecule has 170 valence electrons. The Kier molecular flexibility index (Phi) is 9.90. The van der Waals surface area contributed by atoms with E-state index in [-0.39, 0.29) is 35.9 Å². The first-order valence-electron chi connectivity index (χ1n) is 11.4. The minimum atomic E-state index is 0. The number of hydrogen-bond donors (Lipinski definition) is 2. The fourth-order valence-corrected chi connectivity index (χ4v) is 4.75. The van der Waals surface area contributed by atoms with Gasteiger partial charge in [-0.1, -0.05) is 26.7 Å². The summed E-state index contributed by atoms with van der Waals surface area (Å²) < 4.78 is 1.99. The molecule has 1 unspecified atom stereocenters. The third kappa shape index (κ3) is 5.88. The van der Waals surface area contributed by atoms with Crippen LogP contribution in [-0.2, 0) is 31.2 Å². The normalized spacial score (nSPS) is 19.8. The highest BCUT2D eigenvalue weighted by molar-refractivity contribution is 14.0. The summed E-state index contributed by atoms with van der Waals surface area (Å²) in [7, 11) is 2.02. The molecule has 2 N–H and O–H groups in total. The third-order valence-corrected chi connectivity index (χ3v) is 6.31. The van der Waals surface area contributed by atoms with Crippen LogP contribution in [0.1, 0.15) is 69.8 Å². The van der Waals surface area contributed by atoms with Gasteiger partial charge in [-0.25, -0.2) is 4.99 Å². The van der Waals surface area contributed by atoms with Gasteiger partial charge in [0.1, 0.15) is 0 Å². The molecule has 1 aliphatic carbocycles. The van der Waals surface area contributed by atoms with Crippen LogP contribution in [0.15, 0.2) is 4.99 Å². The summed E-state index contributed by atoms with van der Waals surface area (Å²) in [5.41, 5.74) is 3.65. The topological polar surface area (TPSA) is 74.6 Å². The maximum Gasteiger partial charge on any atom is 0.225 e. The predicted octanol–water partition coefficient (Wildman–Crippen LogP) is 3.01. The maximum absolute atomic E-state index is 12.7. The number of carbonyl (C=O) groups is 1. The SMILES string of the molecule is CCNC(=NCc1c(CC)nn(C)c1CC)NC1CCN(C(=O)C2CCCC2)C1.I. The lowest BCUT2D eigenvalue weighted by atomic mass is 10.1. The van der Waals surface area contributed by atoms with Gasteiger partial charge in [-0.2, -0.15) is 5.10 Å². The summed E-state index contributed by atoms with van der Waals surface area (Å²) in [6.07, 6.45) is 7.41. The molecule has 2 heterocycles. The van der Waals surface area contributed by atoms with Gasteiger partial charge in [0.25, 0.3) is 0 Å². The molecule has 1 amide bonds. The van der Waals surface area contributed by atoms with Gasteiger partial charge in [-0.3, -0.25) is 9.48 Å². The first kappa shape index (κ1) is 24.9. The lowest BCUT2D eigenvalue weighted by Crippen LogP contribution is -2.45. The zero-order chi connectivity index (χ0) is 20.8. The van der Waals surface area contributed by atoms with Crippen LogP contribution in [0.2, 0.25) is 0 Å². The van der Waals surface area contributed by atoms with Gasteiger partial charge in [0.2, 0.25) is 5.91 Å². The number of guanidine groups is 1. The van der Waals surface area contributed by atoms with Crippen LogP contribution in [0.3, 0.4) is 0 Å². The number of rotatable bonds is 7. The van der Waals surface area contributed by atoms with E-state index in [9.17, 15) is 4.79 Å². The number of halogens is 1. The van der Waals surface area contributed by atoms with Crippen LogP contribution in [0, 0.1) is 5.92 Å². The molecule has 0 spiro atoms. The monoisotopic (exact) mass is 530 g/mol. The number of carbonyl (C=O) groups excluding carboxylic acids is 1. The number of likely N-dealkylation sites (tertiary alicyclic amines) is 1. The predicted molar refractivity (Wildman–Crippen MR) is 132 cm³/mol. The first-order valence-corrected chi connectivity index (χ1v) is 11.4. The van der Waals surface area contributed by atoms with Crippen molar-refractivity contribution in [3.05, 3.63) is 17.0 Å². The molecular weight excluding hydrogens is 491 g/mol. The minimum absolute atomic E-state index is 0. The Hall–Kier alpha value is -1.32. The van der Waals surface area contributed by atoms with Crippen molar-refractivity contribution in [1.82, 2.24) is 25.3 Å². The van der Waals surface area contributed by atoms with Crippen molar-refractivity contribution in [2.45, 2.75) is 78.3 Å². The molecule has 2 fully saturated rings. The Morgan fingerprint density at radius 2 is 1.90 bits per heavy atom. The molecule has 0 aromatic carbocycles. The van der Waals surface area contributed by atoms with E-state index in [0.29, 0.717) is 12.5 Å². The van der Waals surface area contributed by atoms with Crippen LogP contribution in [0.25, 0.3) is 0 Å². The van der Waals surface area contributed by atoms with Crippen molar-refractivity contribution in [1.29, 1.82) is 0 Å². The molecule has 1 aromatic rings. The van der Waals surface area contributed by atoms with E-state index >= 15 is 0 Å². The number of amides is 1. The molecule has 1 aliphatic heterocycles. The molecule has 30 heavy (non-hydrogen) atoms. The molecule has 1 aromatic heterocycles. The van der Waals surface area contributed by atoms with Gasteiger partial charge >= 0.3 is 0 Å². The third-order valence-electron chi connectivity index (χ3n) is 6.31. The summed E-state index contributed by atoms with van der Waals surface area (Å²) in [5, 5.41) is 11.6. The van der Waals surface area contributed by atoms with Crippen molar-refractivity contribution in [3.63, 3.8) is 0 Å². The lowest BCUT2D eigenvalue weighted by molar-refractivity contribution is -0.134. The molecule has 1 saturated heterocycles. The van der Waals surface area contributed by atoms with E-state index in [1.54, 1.807) is 0 Å². The fourth-order valence-electron chi connectivity index (χ4n) is 4.75. The van der Waals surface area contributed by atoms with Crippen molar-refractivity contribution in [3.8, 4) is 0 Å². The summed E-state index contributed by atoms with van der Waals surface area (Å²) in [6, 6.07) is 0.267. The van der Waals surface area contributed by atoms with Crippen LogP contribution < -0.4 is 10.6 Å². The zero-order valence-electron chi connectivity index (χ0n) is 19.0. The average molecular weight is 530 g/mol. The molecule has 0 radical (unpaired) electrons. The maximum atomic E-state index is 12.7. The average Bonchev–Trinajstić information content (AvgIpc) is 3.46. The highest BCUT2D eigenvalue weighted by Crippen LogP contribution is 2.27. The van der Waals surface area contributed by atoms with E-state index < -0.39 is 0 Å². The summed E-state index contributed by atoms with van der Waals surface area (Å²) in [5.74, 6) is 1.46. The van der Waals surface area contributed by atoms with Gasteiger partial charge in [0.05, 0.1) is 12.2 Å². The highest BCUT2D eigenvalue weighted by atomic mass is 127. The Balaban J connectivity index is 0.00000320. The van der Waals surface area contributed by atoms with Crippen LogP contribution in [0.5, 0.6) is 0 Å². The fraction of sp³-hybridized carbons (Fsp3) is 0.773. The molecule has 3 rings (SSSR count). The standard InChI is InChI=1S/C22H38N6O.HI/c1-5-19-18(20(6-2)27(4)26-19)14-24-22(23-7-3)25-17-12-13-28(15-17)21(29)16-10-8-9-11-16;/h16-17H,5-15H2,1-4H3,(H2,23,24,25);1H. The number of aromatic nitrogens is 2. The van der Waals surface area contributed by atoms with Gasteiger partial charge in [-0.15, -0.1) is 24.0 Å². The van der Waals surface area contributed by atoms with E-state index in [1.165, 1.54) is 24.1 Å². The van der Waals surface area contributed by atoms with E-state index in [1.807, 2.05) is 11.7 Å². The highest BCUT2D eigenvalue weighted by Gasteiger charge is 2.32. The molecular formula is C22H39IN6O. The number of nitrogens with one attached hydrogen (secondary N) is 2. The van der Waals surface area contributed by atoms with Crippen LogP contribution >= 0.6 is 24.0 Å². The Morgan fingerprint density at radius 3 is 2.53 bits per heavy atom. The van der Waals surface area contributed by atoms with Crippen molar-refractivity contribution >= 4 is 35.8 Å². The summed E-state index contributed by atoms with van der Waals surface area (Å²) in [6.45, 7) is 9.49. The van der Waals surface area contributed by atoms with Gasteiger partial charge < -0.3 is 15.5 Å². The Bertz CT molecular complexity index is 725. The van der Waals surface area contributed by atoms with Crippen LogP contribution in [-0.4, -0.2) is 52.2 Å². The molecule has 2 aliphatic rings. The minimum Gasteiger partial charge on any atom is -0.357 e. The molecule has 8 heteroatoms. The number of hydrogen-bond acceptors (Lipinski definition) is 3. The largest absolute Gasteiger partial charge is 0.357 e. The quantitative estimate of drug-likeness (QED) is 0.323. The second-order valence-corrected chi connectivity index (χ2v) is 8.29. The number of nitrogens with zero attached hydrogens (tertiary/aromatic N) is 4. The van der Waals surface area contributed by atoms with Gasteiger partial charge in [0, 0.05) is 49.9 Å². The second kappa shape index (κ2) is 11.9. The molecule has 7 nitrogen and oxygen atoms in total. The van der Waals surface area contributed by atoms with E-state index in [4.69, 9.17) is 4.99 Å². The number of aliphatic imine (C=N–C) groups is 1. The number of aryl methyl sites for hydroxylation is 2.